The Morgan fingerprint density at radius 1 is 1.50 bits per heavy atom. The maximum Gasteiger partial charge on any atom is 0.236 e. The van der Waals surface area contributed by atoms with Crippen LogP contribution in [0.5, 0.6) is 0 Å². The summed E-state index contributed by atoms with van der Waals surface area (Å²) in [7, 11) is 1.73. The Bertz CT molecular complexity index is 227. The molecule has 0 atom stereocenters. The van der Waals surface area contributed by atoms with Crippen LogP contribution in [-0.4, -0.2) is 61.4 Å². The third kappa shape index (κ3) is 4.08. The van der Waals surface area contributed by atoms with E-state index < -0.39 is 5.60 Å². The van der Waals surface area contributed by atoms with E-state index in [2.05, 4.69) is 5.32 Å². The first-order chi connectivity index (χ1) is 7.57. The average Bonchev–Trinajstić information content (AvgIpc) is 2.26. The van der Waals surface area contributed by atoms with Gasteiger partial charge in [-0.05, 0) is 6.54 Å². The van der Waals surface area contributed by atoms with Gasteiger partial charge in [-0.15, -0.1) is 0 Å². The summed E-state index contributed by atoms with van der Waals surface area (Å²) < 4.78 is 5.20. The van der Waals surface area contributed by atoms with E-state index in [0.717, 1.165) is 6.54 Å². The molecule has 16 heavy (non-hydrogen) atoms. The monoisotopic (exact) mass is 230 g/mol. The van der Waals surface area contributed by atoms with E-state index in [4.69, 9.17) is 4.74 Å². The number of hydrogen-bond donors (Lipinski definition) is 2. The van der Waals surface area contributed by atoms with Gasteiger partial charge in [0.15, 0.2) is 0 Å². The number of amides is 1. The van der Waals surface area contributed by atoms with Gasteiger partial charge < -0.3 is 20.1 Å². The van der Waals surface area contributed by atoms with Crippen LogP contribution in [0.3, 0.4) is 0 Å². The SMILES string of the molecule is CCNCC(=O)N(C)CC1(O)CCOCC1. The van der Waals surface area contributed by atoms with Crippen LogP contribution in [0.1, 0.15) is 19.8 Å². The van der Waals surface area contributed by atoms with Gasteiger partial charge in [0.1, 0.15) is 0 Å². The number of nitrogens with zero attached hydrogens (tertiary/aromatic N) is 1. The molecule has 1 heterocycles. The highest BCUT2D eigenvalue weighted by Gasteiger charge is 2.32. The molecule has 0 aromatic heterocycles. The minimum absolute atomic E-state index is 0.0155. The molecule has 1 saturated heterocycles. The highest BCUT2D eigenvalue weighted by atomic mass is 16.5. The van der Waals surface area contributed by atoms with Crippen molar-refractivity contribution in [1.29, 1.82) is 0 Å². The summed E-state index contributed by atoms with van der Waals surface area (Å²) in [6, 6.07) is 0. The Morgan fingerprint density at radius 3 is 2.69 bits per heavy atom. The molecule has 0 aromatic carbocycles. The lowest BCUT2D eigenvalue weighted by Crippen LogP contribution is -2.49. The van der Waals surface area contributed by atoms with Crippen molar-refractivity contribution in [3.8, 4) is 0 Å². The van der Waals surface area contributed by atoms with E-state index in [1.807, 2.05) is 6.92 Å². The third-order valence-electron chi connectivity index (χ3n) is 2.91. The molecule has 0 spiro atoms. The summed E-state index contributed by atoms with van der Waals surface area (Å²) in [6.07, 6.45) is 1.21. The lowest BCUT2D eigenvalue weighted by atomic mass is 9.94. The maximum atomic E-state index is 11.6. The van der Waals surface area contributed by atoms with E-state index >= 15 is 0 Å². The normalized spacial score (nSPS) is 19.4. The van der Waals surface area contributed by atoms with Gasteiger partial charge in [-0.25, -0.2) is 0 Å². The molecule has 5 heteroatoms. The predicted molar refractivity (Wildman–Crippen MR) is 61.2 cm³/mol. The van der Waals surface area contributed by atoms with E-state index in [9.17, 15) is 9.90 Å². The van der Waals surface area contributed by atoms with Crippen LogP contribution < -0.4 is 5.32 Å². The lowest BCUT2D eigenvalue weighted by molar-refractivity contribution is -0.135. The fourth-order valence-corrected chi connectivity index (χ4v) is 1.81. The number of likely N-dealkylation sites (N-methyl/N-ethyl adjacent to an activating group) is 2. The van der Waals surface area contributed by atoms with Crippen LogP contribution in [0.15, 0.2) is 0 Å². The largest absolute Gasteiger partial charge is 0.388 e. The van der Waals surface area contributed by atoms with Crippen molar-refractivity contribution in [2.75, 3.05) is 39.9 Å². The van der Waals surface area contributed by atoms with Gasteiger partial charge in [0.05, 0.1) is 12.1 Å². The zero-order valence-electron chi connectivity index (χ0n) is 10.2. The standard InChI is InChI=1S/C11H22N2O3/c1-3-12-8-10(14)13(2)9-11(15)4-6-16-7-5-11/h12,15H,3-9H2,1-2H3. The van der Waals surface area contributed by atoms with Crippen molar-refractivity contribution in [3.63, 3.8) is 0 Å². The fraction of sp³-hybridized carbons (Fsp3) is 0.909. The van der Waals surface area contributed by atoms with Gasteiger partial charge in [0.2, 0.25) is 5.91 Å². The van der Waals surface area contributed by atoms with Gasteiger partial charge >= 0.3 is 0 Å². The molecule has 0 saturated carbocycles. The van der Waals surface area contributed by atoms with Crippen molar-refractivity contribution < 1.29 is 14.6 Å². The zero-order chi connectivity index (χ0) is 12.0. The number of carbonyl (C=O) groups is 1. The minimum atomic E-state index is -0.769. The zero-order valence-corrected chi connectivity index (χ0v) is 10.2. The molecule has 94 valence electrons. The van der Waals surface area contributed by atoms with E-state index in [1.54, 1.807) is 11.9 Å². The number of hydrogen-bond acceptors (Lipinski definition) is 4. The predicted octanol–water partition coefficient (Wildman–Crippen LogP) is -0.404. The van der Waals surface area contributed by atoms with Crippen LogP contribution in [0.2, 0.25) is 0 Å². The molecule has 0 aliphatic carbocycles. The summed E-state index contributed by atoms with van der Waals surface area (Å²) in [4.78, 5) is 13.2. The Morgan fingerprint density at radius 2 is 2.12 bits per heavy atom. The van der Waals surface area contributed by atoms with E-state index in [0.29, 0.717) is 39.1 Å². The molecule has 1 rings (SSSR count). The Balaban J connectivity index is 2.36. The number of ether oxygens (including phenoxy) is 1. The molecule has 0 aromatic rings. The van der Waals surface area contributed by atoms with Crippen molar-refractivity contribution >= 4 is 5.91 Å². The molecule has 1 aliphatic rings. The van der Waals surface area contributed by atoms with Crippen molar-refractivity contribution in [1.82, 2.24) is 10.2 Å². The number of aliphatic hydroxyl groups is 1. The van der Waals surface area contributed by atoms with Crippen LogP contribution in [0.4, 0.5) is 0 Å². The number of carbonyl (C=O) groups excluding carboxylic acids is 1. The molecule has 0 unspecified atom stereocenters. The summed E-state index contributed by atoms with van der Waals surface area (Å²) >= 11 is 0. The molecular formula is C11H22N2O3. The van der Waals surface area contributed by atoms with Crippen LogP contribution in [-0.2, 0) is 9.53 Å². The molecule has 0 bridgehead atoms. The minimum Gasteiger partial charge on any atom is -0.388 e. The summed E-state index contributed by atoms with van der Waals surface area (Å²) in [6.45, 7) is 4.61. The molecule has 1 aliphatic heterocycles. The van der Waals surface area contributed by atoms with Crippen LogP contribution in [0.25, 0.3) is 0 Å². The Kier molecular flexibility index (Phi) is 5.18. The van der Waals surface area contributed by atoms with E-state index in [1.165, 1.54) is 0 Å². The Labute approximate surface area is 96.8 Å². The van der Waals surface area contributed by atoms with Gasteiger partial charge in [0, 0.05) is 39.6 Å². The van der Waals surface area contributed by atoms with Gasteiger partial charge in [-0.3, -0.25) is 4.79 Å². The van der Waals surface area contributed by atoms with Crippen LogP contribution >= 0.6 is 0 Å². The first-order valence-corrected chi connectivity index (χ1v) is 5.82. The molecule has 2 N–H and O–H groups in total. The van der Waals surface area contributed by atoms with Gasteiger partial charge in [0.25, 0.3) is 0 Å². The smallest absolute Gasteiger partial charge is 0.236 e. The van der Waals surface area contributed by atoms with Gasteiger partial charge in [-0.1, -0.05) is 6.92 Å². The summed E-state index contributed by atoms with van der Waals surface area (Å²) in [5, 5.41) is 13.2. The summed E-state index contributed by atoms with van der Waals surface area (Å²) in [5.74, 6) is 0.0155. The first kappa shape index (κ1) is 13.4. The van der Waals surface area contributed by atoms with Gasteiger partial charge in [-0.2, -0.15) is 0 Å². The average molecular weight is 230 g/mol. The fourth-order valence-electron chi connectivity index (χ4n) is 1.81. The highest BCUT2D eigenvalue weighted by Crippen LogP contribution is 2.21. The second-order valence-corrected chi connectivity index (χ2v) is 4.37. The summed E-state index contributed by atoms with van der Waals surface area (Å²) in [5.41, 5.74) is -0.769. The third-order valence-corrected chi connectivity index (χ3v) is 2.91. The molecule has 1 amide bonds. The second-order valence-electron chi connectivity index (χ2n) is 4.37. The van der Waals surface area contributed by atoms with Crippen molar-refractivity contribution in [2.24, 2.45) is 0 Å². The van der Waals surface area contributed by atoms with Crippen molar-refractivity contribution in [3.05, 3.63) is 0 Å². The van der Waals surface area contributed by atoms with Crippen molar-refractivity contribution in [2.45, 2.75) is 25.4 Å². The molecule has 5 nitrogen and oxygen atoms in total. The molecular weight excluding hydrogens is 208 g/mol. The molecule has 0 radical (unpaired) electrons. The topological polar surface area (TPSA) is 61.8 Å². The van der Waals surface area contributed by atoms with E-state index in [-0.39, 0.29) is 5.91 Å². The molecule has 1 fully saturated rings. The number of rotatable bonds is 5. The Hall–Kier alpha value is -0.650. The maximum absolute atomic E-state index is 11.6. The first-order valence-electron chi connectivity index (χ1n) is 5.82. The lowest BCUT2D eigenvalue weighted by Gasteiger charge is -2.35. The quantitative estimate of drug-likeness (QED) is 0.674. The highest BCUT2D eigenvalue weighted by molar-refractivity contribution is 5.78. The second kappa shape index (κ2) is 6.18. The van der Waals surface area contributed by atoms with Crippen LogP contribution in [0, 0.1) is 0 Å². The number of nitrogens with one attached hydrogen (secondary N) is 1.